The van der Waals surface area contributed by atoms with E-state index in [0.29, 0.717) is 0 Å². The number of hydrogen-bond acceptors (Lipinski definition) is 3. The largest absolute Gasteiger partial charge is 0.356 e. The molecule has 1 aliphatic rings. The van der Waals surface area contributed by atoms with Crippen molar-refractivity contribution in [2.24, 2.45) is 0 Å². The van der Waals surface area contributed by atoms with Crippen LogP contribution in [0.3, 0.4) is 0 Å². The van der Waals surface area contributed by atoms with Gasteiger partial charge in [-0.05, 0) is 20.9 Å². The van der Waals surface area contributed by atoms with Crippen molar-refractivity contribution < 1.29 is 4.79 Å². The number of carbonyl (C=O) groups is 1. The molecule has 0 aromatic carbocycles. The van der Waals surface area contributed by atoms with Gasteiger partial charge >= 0.3 is 0 Å². The highest BCUT2D eigenvalue weighted by atomic mass is 16.1. The zero-order valence-electron chi connectivity index (χ0n) is 10.8. The average molecular weight is 225 g/mol. The summed E-state index contributed by atoms with van der Waals surface area (Å²) in [6.07, 6.45) is 3.61. The second-order valence-corrected chi connectivity index (χ2v) is 4.89. The second-order valence-electron chi connectivity index (χ2n) is 4.89. The first-order chi connectivity index (χ1) is 7.45. The van der Waals surface area contributed by atoms with E-state index in [1.807, 2.05) is 6.08 Å². The minimum atomic E-state index is -0.0478. The van der Waals surface area contributed by atoms with Crippen molar-refractivity contribution in [1.82, 2.24) is 15.1 Å². The molecule has 1 aliphatic heterocycles. The van der Waals surface area contributed by atoms with E-state index in [1.54, 1.807) is 13.1 Å². The molecule has 4 heteroatoms. The van der Waals surface area contributed by atoms with Crippen LogP contribution >= 0.6 is 0 Å². The zero-order valence-corrected chi connectivity index (χ0v) is 10.8. The van der Waals surface area contributed by atoms with E-state index in [4.69, 9.17) is 0 Å². The van der Waals surface area contributed by atoms with Crippen LogP contribution < -0.4 is 5.32 Å². The molecular weight excluding hydrogens is 202 g/mol. The topological polar surface area (TPSA) is 35.6 Å². The number of carbonyl (C=O) groups excluding carboxylic acids is 1. The average Bonchev–Trinajstić information content (AvgIpc) is 2.26. The van der Waals surface area contributed by atoms with E-state index >= 15 is 0 Å². The number of likely N-dealkylation sites (N-methyl/N-ethyl adjacent to an activating group) is 2. The van der Waals surface area contributed by atoms with Crippen LogP contribution in [0, 0.1) is 0 Å². The van der Waals surface area contributed by atoms with Crippen LogP contribution in [0.2, 0.25) is 0 Å². The Balaban J connectivity index is 2.56. The summed E-state index contributed by atoms with van der Waals surface area (Å²) in [6, 6.07) is 0. The fourth-order valence-electron chi connectivity index (χ4n) is 1.85. The molecule has 0 bridgehead atoms. The Labute approximate surface area is 98.3 Å². The monoisotopic (exact) mass is 225 g/mol. The van der Waals surface area contributed by atoms with E-state index in [9.17, 15) is 4.79 Å². The van der Waals surface area contributed by atoms with Gasteiger partial charge in [-0.1, -0.05) is 6.08 Å². The molecule has 0 aromatic heterocycles. The predicted molar refractivity (Wildman–Crippen MR) is 66.4 cm³/mol. The van der Waals surface area contributed by atoms with Gasteiger partial charge in [0.25, 0.3) is 0 Å². The Bertz CT molecular complexity index is 265. The quantitative estimate of drug-likeness (QED) is 0.702. The minimum absolute atomic E-state index is 0.0396. The summed E-state index contributed by atoms with van der Waals surface area (Å²) in [6.45, 7) is 8.60. The van der Waals surface area contributed by atoms with Gasteiger partial charge < -0.3 is 10.2 Å². The van der Waals surface area contributed by atoms with Gasteiger partial charge in [0.05, 0.1) is 0 Å². The van der Waals surface area contributed by atoms with Crippen LogP contribution in [0.4, 0.5) is 0 Å². The van der Waals surface area contributed by atoms with E-state index in [1.165, 1.54) is 0 Å². The highest BCUT2D eigenvalue weighted by Gasteiger charge is 2.26. The first-order valence-electron chi connectivity index (χ1n) is 5.80. The highest BCUT2D eigenvalue weighted by Crippen LogP contribution is 2.17. The van der Waals surface area contributed by atoms with Crippen LogP contribution in [0.1, 0.15) is 13.8 Å². The zero-order chi connectivity index (χ0) is 12.2. The standard InChI is InChI=1S/C12H23N3O/c1-12(2,6-5-11(16)13-3)15-9-7-14(4)8-10-15/h5-6H,7-10H2,1-4H3,(H,13,16)/b6-5+. The number of piperazine rings is 1. The summed E-state index contributed by atoms with van der Waals surface area (Å²) in [5.41, 5.74) is -0.0478. The molecular formula is C12H23N3O. The first kappa shape index (κ1) is 13.2. The summed E-state index contributed by atoms with van der Waals surface area (Å²) in [4.78, 5) is 15.9. The normalized spacial score (nSPS) is 20.2. The highest BCUT2D eigenvalue weighted by molar-refractivity contribution is 5.87. The van der Waals surface area contributed by atoms with Crippen molar-refractivity contribution in [2.45, 2.75) is 19.4 Å². The maximum atomic E-state index is 11.2. The number of hydrogen-bond donors (Lipinski definition) is 1. The van der Waals surface area contributed by atoms with Gasteiger partial charge in [-0.25, -0.2) is 0 Å². The summed E-state index contributed by atoms with van der Waals surface area (Å²) in [7, 11) is 3.79. The summed E-state index contributed by atoms with van der Waals surface area (Å²) in [5, 5.41) is 2.60. The summed E-state index contributed by atoms with van der Waals surface area (Å²) >= 11 is 0. The predicted octanol–water partition coefficient (Wildman–Crippen LogP) is 0.315. The first-order valence-corrected chi connectivity index (χ1v) is 5.80. The number of rotatable bonds is 3. The molecule has 1 N–H and O–H groups in total. The summed E-state index contributed by atoms with van der Waals surface area (Å²) < 4.78 is 0. The maximum absolute atomic E-state index is 11.2. The van der Waals surface area contributed by atoms with Crippen molar-refractivity contribution >= 4 is 5.91 Å². The van der Waals surface area contributed by atoms with Gasteiger partial charge in [0.15, 0.2) is 0 Å². The van der Waals surface area contributed by atoms with Gasteiger partial charge in [-0.2, -0.15) is 0 Å². The van der Waals surface area contributed by atoms with Crippen LogP contribution in [0.15, 0.2) is 12.2 Å². The molecule has 92 valence electrons. The SMILES string of the molecule is CNC(=O)/C=C/C(C)(C)N1CCN(C)CC1. The Morgan fingerprint density at radius 2 is 1.81 bits per heavy atom. The molecule has 0 aromatic rings. The van der Waals surface area contributed by atoms with E-state index in [2.05, 4.69) is 36.0 Å². The Morgan fingerprint density at radius 1 is 1.25 bits per heavy atom. The Morgan fingerprint density at radius 3 is 2.31 bits per heavy atom. The molecule has 0 aliphatic carbocycles. The van der Waals surface area contributed by atoms with E-state index in [0.717, 1.165) is 26.2 Å². The molecule has 4 nitrogen and oxygen atoms in total. The van der Waals surface area contributed by atoms with E-state index < -0.39 is 0 Å². The molecule has 0 radical (unpaired) electrons. The van der Waals surface area contributed by atoms with Crippen molar-refractivity contribution in [3.8, 4) is 0 Å². The van der Waals surface area contributed by atoms with Gasteiger partial charge in [-0.3, -0.25) is 9.69 Å². The molecule has 1 amide bonds. The van der Waals surface area contributed by atoms with Gasteiger partial charge in [0, 0.05) is 44.8 Å². The lowest BCUT2D eigenvalue weighted by molar-refractivity contribution is -0.116. The van der Waals surface area contributed by atoms with Crippen LogP contribution in [-0.2, 0) is 4.79 Å². The Kier molecular flexibility index (Phi) is 4.50. The molecule has 1 saturated heterocycles. The fourth-order valence-corrected chi connectivity index (χ4v) is 1.85. The lowest BCUT2D eigenvalue weighted by Gasteiger charge is -2.41. The second kappa shape index (κ2) is 5.46. The maximum Gasteiger partial charge on any atom is 0.243 e. The lowest BCUT2D eigenvalue weighted by Crippen LogP contribution is -2.52. The van der Waals surface area contributed by atoms with Crippen LogP contribution in [-0.4, -0.2) is 61.5 Å². The fraction of sp³-hybridized carbons (Fsp3) is 0.750. The Hall–Kier alpha value is -0.870. The minimum Gasteiger partial charge on any atom is -0.356 e. The third-order valence-electron chi connectivity index (χ3n) is 3.21. The number of nitrogens with one attached hydrogen (secondary N) is 1. The smallest absolute Gasteiger partial charge is 0.243 e. The number of nitrogens with zero attached hydrogens (tertiary/aromatic N) is 2. The lowest BCUT2D eigenvalue weighted by atomic mass is 10.0. The summed E-state index contributed by atoms with van der Waals surface area (Å²) in [5.74, 6) is -0.0396. The van der Waals surface area contributed by atoms with Gasteiger partial charge in [-0.15, -0.1) is 0 Å². The van der Waals surface area contributed by atoms with Gasteiger partial charge in [0.1, 0.15) is 0 Å². The third-order valence-corrected chi connectivity index (χ3v) is 3.21. The molecule has 0 atom stereocenters. The third kappa shape index (κ3) is 3.61. The van der Waals surface area contributed by atoms with Crippen molar-refractivity contribution in [3.63, 3.8) is 0 Å². The molecule has 16 heavy (non-hydrogen) atoms. The number of amides is 1. The molecule has 0 unspecified atom stereocenters. The van der Waals surface area contributed by atoms with Crippen molar-refractivity contribution in [1.29, 1.82) is 0 Å². The molecule has 0 saturated carbocycles. The van der Waals surface area contributed by atoms with Crippen molar-refractivity contribution in [2.75, 3.05) is 40.3 Å². The molecule has 1 heterocycles. The molecule has 1 rings (SSSR count). The van der Waals surface area contributed by atoms with Crippen molar-refractivity contribution in [3.05, 3.63) is 12.2 Å². The molecule has 1 fully saturated rings. The van der Waals surface area contributed by atoms with Crippen LogP contribution in [0.5, 0.6) is 0 Å². The van der Waals surface area contributed by atoms with Gasteiger partial charge in [0.2, 0.25) is 5.91 Å². The van der Waals surface area contributed by atoms with Crippen LogP contribution in [0.25, 0.3) is 0 Å². The molecule has 0 spiro atoms. The van der Waals surface area contributed by atoms with E-state index in [-0.39, 0.29) is 11.4 Å².